The van der Waals surface area contributed by atoms with Crippen molar-refractivity contribution in [3.05, 3.63) is 83.9 Å². The minimum absolute atomic E-state index is 0.341. The average molecular weight is 453 g/mol. The van der Waals surface area contributed by atoms with Gasteiger partial charge in [-0.3, -0.25) is 4.90 Å². The molecule has 2 aliphatic rings. The fraction of sp³-hybridized carbons (Fsp3) is 0.333. The van der Waals surface area contributed by atoms with Gasteiger partial charge in [-0.15, -0.1) is 0 Å². The van der Waals surface area contributed by atoms with Gasteiger partial charge in [0.05, 0.1) is 12.7 Å². The molecule has 172 valence electrons. The lowest BCUT2D eigenvalue weighted by molar-refractivity contribution is -0.137. The highest BCUT2D eigenvalue weighted by molar-refractivity contribution is 5.70. The number of alkyl halides is 3. The van der Waals surface area contributed by atoms with Gasteiger partial charge in [0.1, 0.15) is 5.75 Å². The first-order valence-corrected chi connectivity index (χ1v) is 11.3. The normalized spacial score (nSPS) is 20.8. The summed E-state index contributed by atoms with van der Waals surface area (Å²) in [5, 5.41) is 0. The molecule has 2 saturated heterocycles. The van der Waals surface area contributed by atoms with Gasteiger partial charge in [0.15, 0.2) is 0 Å². The van der Waals surface area contributed by atoms with Gasteiger partial charge < -0.3 is 9.64 Å². The van der Waals surface area contributed by atoms with Crippen LogP contribution in [0.2, 0.25) is 0 Å². The van der Waals surface area contributed by atoms with Crippen molar-refractivity contribution in [2.45, 2.75) is 37.6 Å². The summed E-state index contributed by atoms with van der Waals surface area (Å²) in [6, 6.07) is 23.0. The molecule has 2 unspecified atom stereocenters. The Morgan fingerprint density at radius 3 is 2.09 bits per heavy atom. The number of ether oxygens (including phenoxy) is 1. The summed E-state index contributed by atoms with van der Waals surface area (Å²) >= 11 is 0. The number of fused-ring (bicyclic) bond motifs is 2. The molecule has 0 aromatic heterocycles. The Balaban J connectivity index is 1.25. The first-order chi connectivity index (χ1) is 15.9. The molecule has 0 saturated carbocycles. The van der Waals surface area contributed by atoms with Gasteiger partial charge >= 0.3 is 6.18 Å². The zero-order valence-electron chi connectivity index (χ0n) is 18.6. The van der Waals surface area contributed by atoms with Crippen LogP contribution in [0.25, 0.3) is 11.1 Å². The molecule has 2 aliphatic heterocycles. The minimum Gasteiger partial charge on any atom is -0.496 e. The number of para-hydroxylation sites is 1. The maximum Gasteiger partial charge on any atom is 0.416 e. The number of halogens is 3. The molecule has 2 bridgehead atoms. The molecule has 2 heterocycles. The first kappa shape index (κ1) is 21.8. The topological polar surface area (TPSA) is 15.7 Å². The maximum atomic E-state index is 12.9. The zero-order chi connectivity index (χ0) is 23.0. The fourth-order valence-electron chi connectivity index (χ4n) is 5.29. The van der Waals surface area contributed by atoms with Gasteiger partial charge in [0, 0.05) is 43.0 Å². The number of rotatable bonds is 5. The Labute approximate surface area is 192 Å². The number of methoxy groups -OCH3 is 1. The standard InChI is InChI=1S/C27H27F3N2O/c1-33-26-5-3-2-4-25(26)20-8-6-19(7-9-20)16-31-17-23-14-15-24(18-31)32(23)22-12-10-21(11-13-22)27(28,29)30/h2-13,23-24H,14-18H2,1H3. The SMILES string of the molecule is COc1ccccc1-c1ccc(CN2CC3CCC(C2)N3c2ccc(C(F)(F)F)cc2)cc1. The molecule has 3 aromatic carbocycles. The smallest absolute Gasteiger partial charge is 0.416 e. The number of hydrogen-bond donors (Lipinski definition) is 0. The Kier molecular flexibility index (Phi) is 5.79. The molecule has 5 rings (SSSR count). The summed E-state index contributed by atoms with van der Waals surface area (Å²) in [4.78, 5) is 4.81. The van der Waals surface area contributed by atoms with Crippen molar-refractivity contribution in [1.82, 2.24) is 4.90 Å². The van der Waals surface area contributed by atoms with E-state index in [1.54, 1.807) is 19.2 Å². The van der Waals surface area contributed by atoms with Crippen LogP contribution >= 0.6 is 0 Å². The van der Waals surface area contributed by atoms with Crippen LogP contribution in [0.15, 0.2) is 72.8 Å². The summed E-state index contributed by atoms with van der Waals surface area (Å²) in [6.45, 7) is 2.72. The quantitative estimate of drug-likeness (QED) is 0.456. The Hall–Kier alpha value is -2.99. The third kappa shape index (κ3) is 4.44. The lowest BCUT2D eigenvalue weighted by Gasteiger charge is -2.42. The maximum absolute atomic E-state index is 12.9. The first-order valence-electron chi connectivity index (χ1n) is 11.3. The molecule has 0 amide bonds. The van der Waals surface area contributed by atoms with Crippen molar-refractivity contribution in [1.29, 1.82) is 0 Å². The second kappa shape index (κ2) is 8.75. The average Bonchev–Trinajstić information content (AvgIpc) is 3.09. The molecule has 3 aromatic rings. The molecule has 2 atom stereocenters. The number of benzene rings is 3. The highest BCUT2D eigenvalue weighted by atomic mass is 19.4. The van der Waals surface area contributed by atoms with Crippen LogP contribution in [-0.2, 0) is 12.7 Å². The van der Waals surface area contributed by atoms with Crippen molar-refractivity contribution >= 4 is 5.69 Å². The monoisotopic (exact) mass is 452 g/mol. The van der Waals surface area contributed by atoms with Crippen LogP contribution in [-0.4, -0.2) is 37.2 Å². The van der Waals surface area contributed by atoms with E-state index in [-0.39, 0.29) is 0 Å². The van der Waals surface area contributed by atoms with Crippen LogP contribution in [0, 0.1) is 0 Å². The van der Waals surface area contributed by atoms with E-state index in [0.717, 1.165) is 55.0 Å². The Morgan fingerprint density at radius 2 is 1.48 bits per heavy atom. The van der Waals surface area contributed by atoms with E-state index in [0.29, 0.717) is 12.1 Å². The van der Waals surface area contributed by atoms with E-state index in [1.165, 1.54) is 17.7 Å². The number of nitrogens with zero attached hydrogens (tertiary/aromatic N) is 2. The molecule has 0 aliphatic carbocycles. The lowest BCUT2D eigenvalue weighted by atomic mass is 10.0. The second-order valence-corrected chi connectivity index (χ2v) is 8.93. The third-order valence-electron chi connectivity index (χ3n) is 6.83. The van der Waals surface area contributed by atoms with Crippen LogP contribution in [0.4, 0.5) is 18.9 Å². The molecular weight excluding hydrogens is 425 g/mol. The molecule has 0 N–H and O–H groups in total. The van der Waals surface area contributed by atoms with Gasteiger partial charge in [-0.25, -0.2) is 0 Å². The van der Waals surface area contributed by atoms with E-state index < -0.39 is 11.7 Å². The van der Waals surface area contributed by atoms with Crippen molar-refractivity contribution < 1.29 is 17.9 Å². The second-order valence-electron chi connectivity index (χ2n) is 8.93. The largest absolute Gasteiger partial charge is 0.496 e. The van der Waals surface area contributed by atoms with Crippen LogP contribution in [0.3, 0.4) is 0 Å². The van der Waals surface area contributed by atoms with Crippen LogP contribution in [0.5, 0.6) is 5.75 Å². The van der Waals surface area contributed by atoms with Gasteiger partial charge in [-0.05, 0) is 54.3 Å². The summed E-state index contributed by atoms with van der Waals surface area (Å²) in [5.74, 6) is 0.862. The van der Waals surface area contributed by atoms with Gasteiger partial charge in [0.25, 0.3) is 0 Å². The zero-order valence-corrected chi connectivity index (χ0v) is 18.6. The van der Waals surface area contributed by atoms with E-state index in [1.807, 2.05) is 18.2 Å². The molecule has 2 fully saturated rings. The van der Waals surface area contributed by atoms with Crippen LogP contribution < -0.4 is 9.64 Å². The van der Waals surface area contributed by atoms with E-state index in [2.05, 4.69) is 40.1 Å². The fourth-order valence-corrected chi connectivity index (χ4v) is 5.29. The predicted octanol–water partition coefficient (Wildman–Crippen LogP) is 6.23. The van der Waals surface area contributed by atoms with Gasteiger partial charge in [-0.1, -0.05) is 42.5 Å². The lowest BCUT2D eigenvalue weighted by Crippen LogP contribution is -2.53. The Bertz CT molecular complexity index is 1080. The highest BCUT2D eigenvalue weighted by Crippen LogP contribution is 2.37. The Morgan fingerprint density at radius 1 is 0.848 bits per heavy atom. The van der Waals surface area contributed by atoms with Crippen molar-refractivity contribution in [2.24, 2.45) is 0 Å². The molecule has 3 nitrogen and oxygen atoms in total. The van der Waals surface area contributed by atoms with Gasteiger partial charge in [-0.2, -0.15) is 13.2 Å². The summed E-state index contributed by atoms with van der Waals surface area (Å²) in [5.41, 5.74) is 3.78. The molecule has 0 spiro atoms. The number of piperazine rings is 1. The number of anilines is 1. The van der Waals surface area contributed by atoms with Crippen molar-refractivity contribution in [3.63, 3.8) is 0 Å². The minimum atomic E-state index is -4.29. The summed E-state index contributed by atoms with van der Waals surface area (Å²) in [7, 11) is 1.69. The van der Waals surface area contributed by atoms with E-state index >= 15 is 0 Å². The molecular formula is C27H27F3N2O. The summed E-state index contributed by atoms with van der Waals surface area (Å²) in [6.07, 6.45) is -2.14. The van der Waals surface area contributed by atoms with Gasteiger partial charge in [0.2, 0.25) is 0 Å². The van der Waals surface area contributed by atoms with Crippen molar-refractivity contribution in [2.75, 3.05) is 25.1 Å². The summed E-state index contributed by atoms with van der Waals surface area (Å²) < 4.78 is 44.2. The number of hydrogen-bond acceptors (Lipinski definition) is 3. The third-order valence-corrected chi connectivity index (χ3v) is 6.83. The van der Waals surface area contributed by atoms with E-state index in [4.69, 9.17) is 4.74 Å². The van der Waals surface area contributed by atoms with E-state index in [9.17, 15) is 13.2 Å². The molecule has 0 radical (unpaired) electrons. The highest BCUT2D eigenvalue weighted by Gasteiger charge is 2.40. The van der Waals surface area contributed by atoms with Crippen molar-refractivity contribution in [3.8, 4) is 16.9 Å². The molecule has 6 heteroatoms. The van der Waals surface area contributed by atoms with Crippen LogP contribution in [0.1, 0.15) is 24.0 Å². The predicted molar refractivity (Wildman–Crippen MR) is 124 cm³/mol. The molecule has 33 heavy (non-hydrogen) atoms. The number of likely N-dealkylation sites (tertiary alicyclic amines) is 1.